The zero-order valence-corrected chi connectivity index (χ0v) is 13.7. The average molecular weight is 299 g/mol. The third kappa shape index (κ3) is 5.65. The highest BCUT2D eigenvalue weighted by Gasteiger charge is 2.29. The molecule has 0 N–H and O–H groups in total. The van der Waals surface area contributed by atoms with Crippen LogP contribution in [0.4, 0.5) is 0 Å². The molecule has 122 valence electrons. The van der Waals surface area contributed by atoms with Crippen LogP contribution in [0.3, 0.4) is 0 Å². The number of ether oxygens (including phenoxy) is 2. The summed E-state index contributed by atoms with van der Waals surface area (Å²) in [5.74, 6) is 1.19. The number of hydrogen-bond donors (Lipinski definition) is 0. The van der Waals surface area contributed by atoms with Crippen LogP contribution in [0.2, 0.25) is 0 Å². The van der Waals surface area contributed by atoms with Crippen molar-refractivity contribution >= 4 is 6.29 Å². The molecule has 0 aromatic heterocycles. The van der Waals surface area contributed by atoms with Gasteiger partial charge in [-0.1, -0.05) is 0 Å². The van der Waals surface area contributed by atoms with Crippen LogP contribution in [-0.4, -0.2) is 81.9 Å². The molecule has 0 amide bonds. The van der Waals surface area contributed by atoms with Gasteiger partial charge in [0.25, 0.3) is 0 Å². The highest BCUT2D eigenvalue weighted by atomic mass is 16.5. The maximum atomic E-state index is 10.5. The van der Waals surface area contributed by atoms with Crippen molar-refractivity contribution < 1.29 is 14.3 Å². The molecule has 0 spiro atoms. The van der Waals surface area contributed by atoms with E-state index >= 15 is 0 Å². The van der Waals surface area contributed by atoms with Crippen LogP contribution < -0.4 is 0 Å². The Bertz CT molecular complexity index is 334. The molecule has 0 saturated heterocycles. The monoisotopic (exact) mass is 299 g/mol. The van der Waals surface area contributed by atoms with Crippen molar-refractivity contribution in [2.75, 3.05) is 54.6 Å². The van der Waals surface area contributed by atoms with E-state index in [0.717, 1.165) is 32.3 Å². The number of rotatable bonds is 11. The summed E-state index contributed by atoms with van der Waals surface area (Å²) in [7, 11) is 7.86. The number of hydrazine groups is 1. The number of carbonyl (C=O) groups is 1. The molecule has 1 atom stereocenters. The molecular weight excluding hydrogens is 270 g/mol. The second-order valence-electron chi connectivity index (χ2n) is 5.39. The number of unbranched alkanes of at least 4 members (excludes halogenated alkanes) is 1. The molecule has 0 aliphatic carbocycles. The highest BCUT2D eigenvalue weighted by molar-refractivity contribution is 5.49. The first-order valence-corrected chi connectivity index (χ1v) is 7.51. The third-order valence-corrected chi connectivity index (χ3v) is 3.61. The number of aldehydes is 1. The lowest BCUT2D eigenvalue weighted by atomic mass is 10.2. The molecule has 0 aromatic carbocycles. The molecular formula is C15H29N3O3. The molecule has 1 aliphatic heterocycles. The molecule has 1 rings (SSSR count). The predicted molar refractivity (Wildman–Crippen MR) is 82.6 cm³/mol. The largest absolute Gasteiger partial charge is 0.382 e. The average Bonchev–Trinajstić information content (AvgIpc) is 2.77. The van der Waals surface area contributed by atoms with E-state index in [1.165, 1.54) is 5.82 Å². The van der Waals surface area contributed by atoms with E-state index in [1.807, 2.05) is 14.1 Å². The van der Waals surface area contributed by atoms with Crippen molar-refractivity contribution in [2.24, 2.45) is 0 Å². The Morgan fingerprint density at radius 2 is 2.10 bits per heavy atom. The molecule has 21 heavy (non-hydrogen) atoms. The standard InChI is InChI=1S/C15H29N3O3/c1-16(2)15-13-14(7-10-21-12-11-20-4)17(3)18(15)8-5-6-9-19/h9,13-14H,5-8,10-12H2,1-4H3. The first-order valence-electron chi connectivity index (χ1n) is 7.51. The summed E-state index contributed by atoms with van der Waals surface area (Å²) in [6, 6.07) is 0.334. The van der Waals surface area contributed by atoms with Gasteiger partial charge in [0.2, 0.25) is 0 Å². The Morgan fingerprint density at radius 3 is 2.71 bits per heavy atom. The van der Waals surface area contributed by atoms with E-state index in [0.29, 0.717) is 25.7 Å². The summed E-state index contributed by atoms with van der Waals surface area (Å²) in [6.45, 7) is 2.86. The lowest BCUT2D eigenvalue weighted by Crippen LogP contribution is -2.42. The van der Waals surface area contributed by atoms with E-state index in [9.17, 15) is 4.79 Å². The maximum Gasteiger partial charge on any atom is 0.120 e. The lowest BCUT2D eigenvalue weighted by molar-refractivity contribution is -0.108. The molecule has 1 aliphatic rings. The van der Waals surface area contributed by atoms with Crippen molar-refractivity contribution in [2.45, 2.75) is 25.3 Å². The molecule has 0 radical (unpaired) electrons. The molecule has 0 fully saturated rings. The van der Waals surface area contributed by atoms with Crippen LogP contribution in [0.1, 0.15) is 19.3 Å². The van der Waals surface area contributed by atoms with Crippen molar-refractivity contribution in [3.05, 3.63) is 11.9 Å². The molecule has 0 bridgehead atoms. The summed E-state index contributed by atoms with van der Waals surface area (Å²) in [5.41, 5.74) is 0. The summed E-state index contributed by atoms with van der Waals surface area (Å²) >= 11 is 0. The van der Waals surface area contributed by atoms with Crippen LogP contribution in [0, 0.1) is 0 Å². The minimum Gasteiger partial charge on any atom is -0.382 e. The maximum absolute atomic E-state index is 10.5. The fourth-order valence-corrected chi connectivity index (χ4v) is 2.40. The lowest BCUT2D eigenvalue weighted by Gasteiger charge is -2.34. The molecule has 0 saturated carbocycles. The van der Waals surface area contributed by atoms with Gasteiger partial charge in [0.1, 0.15) is 12.1 Å². The normalized spacial score (nSPS) is 19.0. The van der Waals surface area contributed by atoms with Crippen LogP contribution >= 0.6 is 0 Å². The predicted octanol–water partition coefficient (Wildman–Crippen LogP) is 0.953. The minimum atomic E-state index is 0.334. The van der Waals surface area contributed by atoms with Gasteiger partial charge in [0, 0.05) is 47.8 Å². The second-order valence-corrected chi connectivity index (χ2v) is 5.39. The van der Waals surface area contributed by atoms with Crippen molar-refractivity contribution in [1.29, 1.82) is 0 Å². The van der Waals surface area contributed by atoms with Gasteiger partial charge >= 0.3 is 0 Å². The zero-order valence-electron chi connectivity index (χ0n) is 13.7. The number of nitrogens with zero attached hydrogens (tertiary/aromatic N) is 3. The van der Waals surface area contributed by atoms with E-state index in [1.54, 1.807) is 7.11 Å². The Balaban J connectivity index is 2.47. The van der Waals surface area contributed by atoms with Crippen LogP contribution in [0.25, 0.3) is 0 Å². The molecule has 1 unspecified atom stereocenters. The Morgan fingerprint density at radius 1 is 1.33 bits per heavy atom. The van der Waals surface area contributed by atoms with E-state index in [4.69, 9.17) is 9.47 Å². The number of hydrogen-bond acceptors (Lipinski definition) is 6. The summed E-state index contributed by atoms with van der Waals surface area (Å²) in [5, 5.41) is 4.48. The van der Waals surface area contributed by atoms with Gasteiger partial charge in [-0.3, -0.25) is 5.01 Å². The fraction of sp³-hybridized carbons (Fsp3) is 0.800. The van der Waals surface area contributed by atoms with Gasteiger partial charge in [-0.15, -0.1) is 0 Å². The molecule has 6 heteroatoms. The van der Waals surface area contributed by atoms with Gasteiger partial charge < -0.3 is 19.2 Å². The van der Waals surface area contributed by atoms with Crippen LogP contribution in [0.5, 0.6) is 0 Å². The van der Waals surface area contributed by atoms with Crippen LogP contribution in [-0.2, 0) is 14.3 Å². The number of likely N-dealkylation sites (N-methyl/N-ethyl adjacent to an activating group) is 1. The quantitative estimate of drug-likeness (QED) is 0.418. The van der Waals surface area contributed by atoms with E-state index < -0.39 is 0 Å². The fourth-order valence-electron chi connectivity index (χ4n) is 2.40. The van der Waals surface area contributed by atoms with Crippen molar-refractivity contribution in [1.82, 2.24) is 14.9 Å². The number of methoxy groups -OCH3 is 1. The third-order valence-electron chi connectivity index (χ3n) is 3.61. The van der Waals surface area contributed by atoms with Crippen molar-refractivity contribution in [3.8, 4) is 0 Å². The zero-order chi connectivity index (χ0) is 15.7. The Hall–Kier alpha value is -1.11. The van der Waals surface area contributed by atoms with Crippen LogP contribution in [0.15, 0.2) is 11.9 Å². The van der Waals surface area contributed by atoms with Crippen molar-refractivity contribution in [3.63, 3.8) is 0 Å². The SMILES string of the molecule is COCCOCCC1C=C(N(C)C)N(CCCC=O)N1C. The summed E-state index contributed by atoms with van der Waals surface area (Å²) in [4.78, 5) is 12.6. The van der Waals surface area contributed by atoms with Gasteiger partial charge in [-0.05, 0) is 18.9 Å². The van der Waals surface area contributed by atoms with Gasteiger partial charge in [-0.25, -0.2) is 5.01 Å². The smallest absolute Gasteiger partial charge is 0.120 e. The second kappa shape index (κ2) is 9.76. The topological polar surface area (TPSA) is 45.3 Å². The number of carbonyl (C=O) groups excluding carboxylic acids is 1. The van der Waals surface area contributed by atoms with Gasteiger partial charge in [0.05, 0.1) is 19.3 Å². The first-order chi connectivity index (χ1) is 10.1. The summed E-state index contributed by atoms with van der Waals surface area (Å²) in [6.07, 6.45) is 5.67. The van der Waals surface area contributed by atoms with Gasteiger partial charge in [0.15, 0.2) is 0 Å². The first kappa shape index (κ1) is 17.9. The molecule has 1 heterocycles. The Labute approximate surface area is 128 Å². The summed E-state index contributed by atoms with van der Waals surface area (Å²) < 4.78 is 10.5. The Kier molecular flexibility index (Phi) is 8.34. The van der Waals surface area contributed by atoms with Gasteiger partial charge in [-0.2, -0.15) is 0 Å². The highest BCUT2D eigenvalue weighted by Crippen LogP contribution is 2.24. The molecule has 6 nitrogen and oxygen atoms in total. The molecule has 0 aromatic rings. The minimum absolute atomic E-state index is 0.334. The van der Waals surface area contributed by atoms with E-state index in [2.05, 4.69) is 28.0 Å². The van der Waals surface area contributed by atoms with E-state index in [-0.39, 0.29) is 0 Å².